The van der Waals surface area contributed by atoms with Crippen molar-refractivity contribution in [1.82, 2.24) is 0 Å². The van der Waals surface area contributed by atoms with Gasteiger partial charge in [-0.2, -0.15) is 0 Å². The molecule has 0 aromatic heterocycles. The smallest absolute Gasteiger partial charge is 0.338 e. The quantitative estimate of drug-likeness (QED) is 0.312. The Morgan fingerprint density at radius 3 is 2.00 bits per heavy atom. The maximum Gasteiger partial charge on any atom is 0.338 e. The summed E-state index contributed by atoms with van der Waals surface area (Å²) in [5, 5.41) is 0. The predicted octanol–water partition coefficient (Wildman–Crippen LogP) is 7.65. The Labute approximate surface area is 226 Å². The fourth-order valence-corrected chi connectivity index (χ4v) is 8.90. The molecular formula is C34H40O4. The summed E-state index contributed by atoms with van der Waals surface area (Å²) in [6.07, 6.45) is 8.18. The number of rotatable bonds is 4. The lowest BCUT2D eigenvalue weighted by atomic mass is 9.44. The number of hydrogen-bond acceptors (Lipinski definition) is 4. The Kier molecular flexibility index (Phi) is 6.48. The molecule has 4 heteroatoms. The van der Waals surface area contributed by atoms with E-state index in [1.54, 1.807) is 0 Å². The number of fused-ring (bicyclic) bond motifs is 5. The third-order valence-electron chi connectivity index (χ3n) is 11.0. The molecule has 0 amide bonds. The van der Waals surface area contributed by atoms with Crippen molar-refractivity contribution in [3.05, 3.63) is 83.9 Å². The number of hydrogen-bond donors (Lipinski definition) is 0. The molecule has 8 atom stereocenters. The van der Waals surface area contributed by atoms with Crippen molar-refractivity contribution in [2.24, 2.45) is 34.5 Å². The fraction of sp³-hybridized carbons (Fsp3) is 0.529. The van der Waals surface area contributed by atoms with Crippen LogP contribution in [0.3, 0.4) is 0 Å². The monoisotopic (exact) mass is 512 g/mol. The number of benzene rings is 2. The average Bonchev–Trinajstić information content (AvgIpc) is 3.26. The molecule has 0 saturated heterocycles. The van der Waals surface area contributed by atoms with Crippen LogP contribution >= 0.6 is 0 Å². The van der Waals surface area contributed by atoms with E-state index in [1.807, 2.05) is 60.7 Å². The summed E-state index contributed by atoms with van der Waals surface area (Å²) in [6, 6.07) is 18.7. The second-order valence-electron chi connectivity index (χ2n) is 12.9. The van der Waals surface area contributed by atoms with Gasteiger partial charge in [-0.05, 0) is 105 Å². The maximum absolute atomic E-state index is 12.9. The van der Waals surface area contributed by atoms with E-state index in [0.717, 1.165) is 51.4 Å². The molecule has 0 radical (unpaired) electrons. The van der Waals surface area contributed by atoms with Gasteiger partial charge in [-0.1, -0.05) is 62.4 Å². The van der Waals surface area contributed by atoms with Gasteiger partial charge in [-0.15, -0.1) is 0 Å². The van der Waals surface area contributed by atoms with E-state index >= 15 is 0 Å². The van der Waals surface area contributed by atoms with Crippen molar-refractivity contribution in [3.8, 4) is 0 Å². The van der Waals surface area contributed by atoms with E-state index in [9.17, 15) is 9.59 Å². The second-order valence-corrected chi connectivity index (χ2v) is 12.9. The van der Waals surface area contributed by atoms with E-state index in [4.69, 9.17) is 9.47 Å². The molecule has 0 N–H and O–H groups in total. The van der Waals surface area contributed by atoms with Crippen molar-refractivity contribution in [3.63, 3.8) is 0 Å². The summed E-state index contributed by atoms with van der Waals surface area (Å²) in [6.45, 7) is 9.53. The Balaban J connectivity index is 1.15. The molecule has 4 aliphatic rings. The highest BCUT2D eigenvalue weighted by Crippen LogP contribution is 2.67. The number of esters is 2. The van der Waals surface area contributed by atoms with Gasteiger partial charge >= 0.3 is 11.9 Å². The number of carbonyl (C=O) groups is 2. The second kappa shape index (κ2) is 9.70. The van der Waals surface area contributed by atoms with E-state index in [1.165, 1.54) is 5.57 Å². The lowest BCUT2D eigenvalue weighted by molar-refractivity contribution is -0.116. The first-order valence-corrected chi connectivity index (χ1v) is 14.5. The van der Waals surface area contributed by atoms with Crippen molar-refractivity contribution in [2.45, 2.75) is 77.4 Å². The molecule has 4 fully saturated rings. The first-order valence-electron chi connectivity index (χ1n) is 14.5. The van der Waals surface area contributed by atoms with Crippen molar-refractivity contribution < 1.29 is 19.1 Å². The standard InChI is InChI=1S/C34H40O4/c1-22-20-25-21-26(37-31(35)23-10-6-4-7-11-23)16-18-33(25,2)28-17-19-34(3)27(30(22)28)14-15-29(34)38-32(36)24-12-8-5-9-13-24/h4-13,25-30H,1,14-21H2,2-3H3/t25-,26-,27+,28+,29-,30+,33-,34-/m0/s1. The largest absolute Gasteiger partial charge is 0.459 e. The normalized spacial score (nSPS) is 37.9. The Morgan fingerprint density at radius 1 is 0.763 bits per heavy atom. The van der Waals surface area contributed by atoms with Crippen LogP contribution in [0.1, 0.15) is 85.9 Å². The summed E-state index contributed by atoms with van der Waals surface area (Å²) in [4.78, 5) is 25.7. The first-order chi connectivity index (χ1) is 18.3. The van der Waals surface area contributed by atoms with Crippen LogP contribution in [0.25, 0.3) is 0 Å². The minimum Gasteiger partial charge on any atom is -0.459 e. The summed E-state index contributed by atoms with van der Waals surface area (Å²) >= 11 is 0. The van der Waals surface area contributed by atoms with E-state index in [0.29, 0.717) is 34.8 Å². The number of carbonyl (C=O) groups excluding carboxylic acids is 2. The molecule has 0 bridgehead atoms. The van der Waals surface area contributed by atoms with Gasteiger partial charge in [0.05, 0.1) is 11.1 Å². The summed E-state index contributed by atoms with van der Waals surface area (Å²) in [5.41, 5.74) is 2.88. The third-order valence-corrected chi connectivity index (χ3v) is 11.0. The van der Waals surface area contributed by atoms with Gasteiger partial charge < -0.3 is 9.47 Å². The fourth-order valence-electron chi connectivity index (χ4n) is 8.90. The minimum absolute atomic E-state index is 0.000158. The van der Waals surface area contributed by atoms with Gasteiger partial charge in [0.2, 0.25) is 0 Å². The van der Waals surface area contributed by atoms with Crippen molar-refractivity contribution in [2.75, 3.05) is 0 Å². The van der Waals surface area contributed by atoms with Crippen LogP contribution in [-0.2, 0) is 9.47 Å². The Bertz CT molecular complexity index is 1210. The molecule has 200 valence electrons. The molecule has 4 saturated carbocycles. The maximum atomic E-state index is 12.9. The zero-order valence-electron chi connectivity index (χ0n) is 22.7. The van der Waals surface area contributed by atoms with E-state index in [-0.39, 0.29) is 35.0 Å². The van der Waals surface area contributed by atoms with Crippen LogP contribution in [0.2, 0.25) is 0 Å². The number of ether oxygens (including phenoxy) is 2. The molecule has 6 rings (SSSR count). The van der Waals surface area contributed by atoms with Crippen LogP contribution in [0, 0.1) is 34.5 Å². The topological polar surface area (TPSA) is 52.6 Å². The van der Waals surface area contributed by atoms with Gasteiger partial charge in [0.15, 0.2) is 0 Å². The van der Waals surface area contributed by atoms with Gasteiger partial charge in [0.25, 0.3) is 0 Å². The molecule has 0 heterocycles. The van der Waals surface area contributed by atoms with Gasteiger partial charge in [0, 0.05) is 5.41 Å². The van der Waals surface area contributed by atoms with Crippen LogP contribution in [-0.4, -0.2) is 24.1 Å². The summed E-state index contributed by atoms with van der Waals surface area (Å²) in [7, 11) is 0. The molecule has 4 aliphatic carbocycles. The van der Waals surface area contributed by atoms with Crippen LogP contribution in [0.4, 0.5) is 0 Å². The highest BCUT2D eigenvalue weighted by molar-refractivity contribution is 5.89. The van der Waals surface area contributed by atoms with Crippen molar-refractivity contribution in [1.29, 1.82) is 0 Å². The van der Waals surface area contributed by atoms with Crippen LogP contribution in [0.5, 0.6) is 0 Å². The van der Waals surface area contributed by atoms with Gasteiger partial charge in [-0.3, -0.25) is 0 Å². The molecular weight excluding hydrogens is 472 g/mol. The highest BCUT2D eigenvalue weighted by Gasteiger charge is 2.62. The first kappa shape index (κ1) is 25.4. The lowest BCUT2D eigenvalue weighted by Gasteiger charge is -2.61. The average molecular weight is 513 g/mol. The number of allylic oxidation sites excluding steroid dienone is 1. The van der Waals surface area contributed by atoms with Gasteiger partial charge in [0.1, 0.15) is 12.2 Å². The molecule has 0 spiro atoms. The van der Waals surface area contributed by atoms with E-state index in [2.05, 4.69) is 20.4 Å². The molecule has 0 aliphatic heterocycles. The Morgan fingerprint density at radius 2 is 1.34 bits per heavy atom. The SMILES string of the molecule is C=C1C[C@H]2C[C@@H](OC(=O)c3ccccc3)CC[C@]2(C)[C@@H]2CC[C@]3(C)[C@@H](OC(=O)c4ccccc4)CC[C@@H]3[C@@H]12. The van der Waals surface area contributed by atoms with Crippen LogP contribution in [0.15, 0.2) is 72.8 Å². The predicted molar refractivity (Wildman–Crippen MR) is 148 cm³/mol. The summed E-state index contributed by atoms with van der Waals surface area (Å²) in [5.74, 6) is 1.68. The molecule has 4 nitrogen and oxygen atoms in total. The molecule has 0 unspecified atom stereocenters. The highest BCUT2D eigenvalue weighted by atomic mass is 16.5. The summed E-state index contributed by atoms with van der Waals surface area (Å²) < 4.78 is 12.2. The molecule has 38 heavy (non-hydrogen) atoms. The molecule has 2 aromatic rings. The van der Waals surface area contributed by atoms with E-state index < -0.39 is 0 Å². The van der Waals surface area contributed by atoms with Crippen molar-refractivity contribution >= 4 is 11.9 Å². The third kappa shape index (κ3) is 4.21. The minimum atomic E-state index is -0.206. The molecule has 2 aromatic carbocycles. The Hall–Kier alpha value is -2.88. The van der Waals surface area contributed by atoms with Crippen LogP contribution < -0.4 is 0 Å². The zero-order valence-corrected chi connectivity index (χ0v) is 22.7. The lowest BCUT2D eigenvalue weighted by Crippen LogP contribution is -2.55. The zero-order chi connectivity index (χ0) is 26.5. The van der Waals surface area contributed by atoms with Gasteiger partial charge in [-0.25, -0.2) is 9.59 Å².